The normalized spacial score (nSPS) is 17.7. The Balaban J connectivity index is 1.65. The van der Waals surface area contributed by atoms with E-state index in [2.05, 4.69) is 0 Å². The molecule has 0 spiro atoms. The summed E-state index contributed by atoms with van der Waals surface area (Å²) in [6.07, 6.45) is 9.19. The molecule has 0 aliphatic heterocycles. The summed E-state index contributed by atoms with van der Waals surface area (Å²) in [5, 5.41) is 0. The number of anilines is 1. The van der Waals surface area contributed by atoms with Gasteiger partial charge in [0.2, 0.25) is 5.91 Å². The quantitative estimate of drug-likeness (QED) is 0.356. The van der Waals surface area contributed by atoms with Crippen molar-refractivity contribution < 1.29 is 22.7 Å². The Hall–Kier alpha value is -2.67. The molecule has 2 aliphatic rings. The van der Waals surface area contributed by atoms with Crippen molar-refractivity contribution >= 4 is 27.6 Å². The van der Waals surface area contributed by atoms with Gasteiger partial charge in [0.05, 0.1) is 16.5 Å². The van der Waals surface area contributed by atoms with Crippen LogP contribution in [-0.2, 0) is 19.6 Å². The molecule has 0 atom stereocenters. The topological polar surface area (TPSA) is 80.8 Å². The zero-order chi connectivity index (χ0) is 25.0. The number of hydrogen-bond acceptors (Lipinski definition) is 5. The van der Waals surface area contributed by atoms with Crippen molar-refractivity contribution in [1.82, 2.24) is 0 Å². The Morgan fingerprint density at radius 1 is 0.800 bits per heavy atom. The lowest BCUT2D eigenvalue weighted by atomic mass is 9.88. The van der Waals surface area contributed by atoms with Gasteiger partial charge in [-0.25, -0.2) is 12.7 Å². The molecule has 2 aliphatic carbocycles. The van der Waals surface area contributed by atoms with Crippen molar-refractivity contribution in [2.75, 3.05) is 4.31 Å². The summed E-state index contributed by atoms with van der Waals surface area (Å²) in [5.74, 6) is -0.684. The number of rotatable bonds is 6. The van der Waals surface area contributed by atoms with Crippen LogP contribution in [0.15, 0.2) is 47.4 Å². The third-order valence-corrected chi connectivity index (χ3v) is 9.11. The number of aryl methyl sites for hydroxylation is 2. The van der Waals surface area contributed by atoms with Crippen LogP contribution in [0.3, 0.4) is 0 Å². The first-order chi connectivity index (χ1) is 16.8. The minimum atomic E-state index is -4.13. The van der Waals surface area contributed by atoms with Crippen LogP contribution < -0.4 is 9.04 Å². The van der Waals surface area contributed by atoms with Crippen LogP contribution >= 0.6 is 0 Å². The smallest absolute Gasteiger partial charge is 0.314 e. The van der Waals surface area contributed by atoms with Crippen molar-refractivity contribution in [2.24, 2.45) is 11.8 Å². The van der Waals surface area contributed by atoms with E-state index in [4.69, 9.17) is 4.74 Å². The summed E-state index contributed by atoms with van der Waals surface area (Å²) in [7, 11) is -4.13. The second-order valence-corrected chi connectivity index (χ2v) is 11.7. The van der Waals surface area contributed by atoms with Crippen LogP contribution in [0.4, 0.5) is 5.69 Å². The SMILES string of the molecule is Cc1ccc(C)c(S(=O)(=O)N(C(=O)C2CCCCC2)c2ccc(OC(=O)C3CCCCC3)cc2)c1. The van der Waals surface area contributed by atoms with Gasteiger partial charge in [-0.3, -0.25) is 9.59 Å². The summed E-state index contributed by atoms with van der Waals surface area (Å²) in [6, 6.07) is 11.5. The Labute approximate surface area is 208 Å². The van der Waals surface area contributed by atoms with E-state index in [0.29, 0.717) is 24.2 Å². The molecule has 35 heavy (non-hydrogen) atoms. The summed E-state index contributed by atoms with van der Waals surface area (Å²) >= 11 is 0. The Bertz CT molecular complexity index is 1160. The first-order valence-corrected chi connectivity index (χ1v) is 14.2. The van der Waals surface area contributed by atoms with E-state index in [9.17, 15) is 18.0 Å². The first kappa shape index (κ1) is 25.4. The lowest BCUT2D eigenvalue weighted by Gasteiger charge is -2.29. The Morgan fingerprint density at radius 3 is 1.97 bits per heavy atom. The molecule has 7 heteroatoms. The molecule has 4 rings (SSSR count). The molecule has 2 aromatic carbocycles. The molecule has 2 saturated carbocycles. The standard InChI is InChI=1S/C28H35NO5S/c1-20-13-14-21(2)26(19-20)35(32,33)29(27(30)22-9-5-3-6-10-22)24-15-17-25(18-16-24)34-28(31)23-11-7-4-8-12-23/h13-19,22-23H,3-12H2,1-2H3. The molecule has 2 aromatic rings. The third kappa shape index (κ3) is 5.77. The highest BCUT2D eigenvalue weighted by Crippen LogP contribution is 2.34. The predicted molar refractivity (Wildman–Crippen MR) is 136 cm³/mol. The van der Waals surface area contributed by atoms with Crippen LogP contribution in [0, 0.1) is 25.7 Å². The fourth-order valence-electron chi connectivity index (χ4n) is 5.17. The van der Waals surface area contributed by atoms with E-state index >= 15 is 0 Å². The van der Waals surface area contributed by atoms with Crippen molar-refractivity contribution in [3.8, 4) is 5.75 Å². The van der Waals surface area contributed by atoms with Gasteiger partial charge in [0.15, 0.2) is 0 Å². The molecule has 6 nitrogen and oxygen atoms in total. The second-order valence-electron chi connectivity index (χ2n) is 9.96. The van der Waals surface area contributed by atoms with Gasteiger partial charge in [0, 0.05) is 5.92 Å². The first-order valence-electron chi connectivity index (χ1n) is 12.8. The molecule has 2 fully saturated rings. The molecule has 1 amide bonds. The highest BCUT2D eigenvalue weighted by atomic mass is 32.2. The van der Waals surface area contributed by atoms with E-state index < -0.39 is 15.9 Å². The van der Waals surface area contributed by atoms with Crippen LogP contribution in [0.5, 0.6) is 5.75 Å². The van der Waals surface area contributed by atoms with E-state index in [0.717, 1.165) is 61.2 Å². The molecule has 0 N–H and O–H groups in total. The number of sulfonamides is 1. The lowest BCUT2D eigenvalue weighted by Crippen LogP contribution is -2.41. The molecule has 0 aromatic heterocycles. The largest absolute Gasteiger partial charge is 0.426 e. The molecular formula is C28H35NO5S. The number of ether oxygens (including phenoxy) is 1. The third-order valence-electron chi connectivity index (χ3n) is 7.24. The van der Waals surface area contributed by atoms with Crippen molar-refractivity contribution in [2.45, 2.75) is 83.0 Å². The zero-order valence-corrected chi connectivity index (χ0v) is 21.5. The maximum atomic E-state index is 13.9. The molecule has 0 radical (unpaired) electrons. The second kappa shape index (κ2) is 10.9. The van der Waals surface area contributed by atoms with Crippen LogP contribution in [0.2, 0.25) is 0 Å². The molecule has 0 heterocycles. The maximum Gasteiger partial charge on any atom is 0.314 e. The van der Waals surface area contributed by atoms with Gasteiger partial charge in [0.1, 0.15) is 5.75 Å². The maximum absolute atomic E-state index is 13.9. The fourth-order valence-corrected chi connectivity index (χ4v) is 6.96. The van der Waals surface area contributed by atoms with Gasteiger partial charge in [-0.2, -0.15) is 0 Å². The molecule has 188 valence electrons. The van der Waals surface area contributed by atoms with Gasteiger partial charge in [-0.15, -0.1) is 0 Å². The summed E-state index contributed by atoms with van der Waals surface area (Å²) in [4.78, 5) is 26.3. The van der Waals surface area contributed by atoms with E-state index in [1.807, 2.05) is 13.0 Å². The monoisotopic (exact) mass is 497 g/mol. The van der Waals surface area contributed by atoms with E-state index in [1.54, 1.807) is 43.3 Å². The highest BCUT2D eigenvalue weighted by Gasteiger charge is 2.36. The number of benzene rings is 2. The minimum absolute atomic E-state index is 0.0857. The number of esters is 1. The number of carbonyl (C=O) groups excluding carboxylic acids is 2. The van der Waals surface area contributed by atoms with Crippen molar-refractivity contribution in [3.63, 3.8) is 0 Å². The Kier molecular flexibility index (Phi) is 7.95. The fraction of sp³-hybridized carbons (Fsp3) is 0.500. The van der Waals surface area contributed by atoms with Gasteiger partial charge < -0.3 is 4.74 Å². The van der Waals surface area contributed by atoms with Gasteiger partial charge in [0.25, 0.3) is 10.0 Å². The van der Waals surface area contributed by atoms with E-state index in [-0.39, 0.29) is 28.4 Å². The number of carbonyl (C=O) groups is 2. The van der Waals surface area contributed by atoms with Gasteiger partial charge >= 0.3 is 5.97 Å². The minimum Gasteiger partial charge on any atom is -0.426 e. The van der Waals surface area contributed by atoms with Gasteiger partial charge in [-0.1, -0.05) is 50.7 Å². The predicted octanol–water partition coefficient (Wildman–Crippen LogP) is 6.09. The molecule has 0 bridgehead atoms. The highest BCUT2D eigenvalue weighted by molar-refractivity contribution is 7.93. The van der Waals surface area contributed by atoms with Crippen molar-refractivity contribution in [1.29, 1.82) is 0 Å². The van der Waals surface area contributed by atoms with Crippen LogP contribution in [0.1, 0.15) is 75.3 Å². The molecule has 0 saturated heterocycles. The molecule has 0 unspecified atom stereocenters. The number of nitrogens with zero attached hydrogens (tertiary/aromatic N) is 1. The molecular weight excluding hydrogens is 462 g/mol. The van der Waals surface area contributed by atoms with Crippen molar-refractivity contribution in [3.05, 3.63) is 53.6 Å². The van der Waals surface area contributed by atoms with Crippen LogP contribution in [0.25, 0.3) is 0 Å². The average Bonchev–Trinajstić information content (AvgIpc) is 2.87. The van der Waals surface area contributed by atoms with Gasteiger partial charge in [-0.05, 0) is 81.0 Å². The summed E-state index contributed by atoms with van der Waals surface area (Å²) in [6.45, 7) is 3.57. The van der Waals surface area contributed by atoms with Crippen LogP contribution in [-0.4, -0.2) is 20.3 Å². The zero-order valence-electron chi connectivity index (χ0n) is 20.7. The summed E-state index contributed by atoms with van der Waals surface area (Å²) in [5.41, 5.74) is 1.67. The summed E-state index contributed by atoms with van der Waals surface area (Å²) < 4.78 is 34.3. The average molecular weight is 498 g/mol. The lowest BCUT2D eigenvalue weighted by molar-refractivity contribution is -0.140. The van der Waals surface area contributed by atoms with E-state index in [1.165, 1.54) is 0 Å². The Morgan fingerprint density at radius 2 is 1.37 bits per heavy atom. The number of amides is 1. The number of hydrogen-bond donors (Lipinski definition) is 0.